The van der Waals surface area contributed by atoms with Crippen molar-refractivity contribution < 1.29 is 17.9 Å². The third kappa shape index (κ3) is 4.90. The molecule has 6 nitrogen and oxygen atoms in total. The van der Waals surface area contributed by atoms with Gasteiger partial charge in [0.15, 0.2) is 0 Å². The summed E-state index contributed by atoms with van der Waals surface area (Å²) in [6.45, 7) is 5.18. The number of benzene rings is 2. The van der Waals surface area contributed by atoms with Gasteiger partial charge in [-0.2, -0.15) is 0 Å². The van der Waals surface area contributed by atoms with E-state index in [1.54, 1.807) is 29.2 Å². The average molecular weight is 417 g/mol. The summed E-state index contributed by atoms with van der Waals surface area (Å²) in [4.78, 5) is 14.9. The molecule has 1 atom stereocenters. The number of likely N-dealkylation sites (tertiary alicyclic amines) is 1. The lowest BCUT2D eigenvalue weighted by atomic mass is 10.0. The van der Waals surface area contributed by atoms with E-state index in [0.29, 0.717) is 30.4 Å². The number of nitrogens with zero attached hydrogens (tertiary/aromatic N) is 2. The van der Waals surface area contributed by atoms with Crippen LogP contribution in [0.25, 0.3) is 0 Å². The van der Waals surface area contributed by atoms with Crippen molar-refractivity contribution in [2.45, 2.75) is 31.6 Å². The molecule has 2 aromatic carbocycles. The number of rotatable bonds is 6. The van der Waals surface area contributed by atoms with E-state index in [-0.39, 0.29) is 17.3 Å². The number of carbonyl (C=O) groups excluding carboxylic acids is 1. The lowest BCUT2D eigenvalue weighted by Crippen LogP contribution is -2.46. The Morgan fingerprint density at radius 3 is 2.38 bits per heavy atom. The maximum atomic E-state index is 13.4. The zero-order valence-corrected chi connectivity index (χ0v) is 18.0. The first-order valence-electron chi connectivity index (χ1n) is 9.82. The molecule has 29 heavy (non-hydrogen) atoms. The van der Waals surface area contributed by atoms with Crippen molar-refractivity contribution in [2.24, 2.45) is 5.92 Å². The Bertz CT molecular complexity index is 940. The van der Waals surface area contributed by atoms with Gasteiger partial charge < -0.3 is 9.64 Å². The van der Waals surface area contributed by atoms with Gasteiger partial charge >= 0.3 is 0 Å². The van der Waals surface area contributed by atoms with Crippen molar-refractivity contribution in [2.75, 3.05) is 31.0 Å². The van der Waals surface area contributed by atoms with E-state index >= 15 is 0 Å². The first-order valence-corrected chi connectivity index (χ1v) is 11.3. The van der Waals surface area contributed by atoms with Gasteiger partial charge in [0.25, 0.3) is 10.0 Å². The Hall–Kier alpha value is -2.54. The Balaban J connectivity index is 1.93. The van der Waals surface area contributed by atoms with Crippen LogP contribution in [0, 0.1) is 12.8 Å². The Morgan fingerprint density at radius 1 is 1.14 bits per heavy atom. The minimum atomic E-state index is -3.91. The lowest BCUT2D eigenvalue weighted by Gasteiger charge is -2.33. The second-order valence-corrected chi connectivity index (χ2v) is 9.47. The summed E-state index contributed by atoms with van der Waals surface area (Å²) in [5, 5.41) is 0. The second kappa shape index (κ2) is 8.86. The van der Waals surface area contributed by atoms with Crippen LogP contribution in [0.4, 0.5) is 5.69 Å². The summed E-state index contributed by atoms with van der Waals surface area (Å²) >= 11 is 0. The van der Waals surface area contributed by atoms with Gasteiger partial charge in [-0.1, -0.05) is 24.6 Å². The molecule has 1 unspecified atom stereocenters. The third-order valence-corrected chi connectivity index (χ3v) is 7.05. The molecule has 3 rings (SSSR count). The van der Waals surface area contributed by atoms with Crippen molar-refractivity contribution in [1.29, 1.82) is 0 Å². The van der Waals surface area contributed by atoms with Gasteiger partial charge in [-0.25, -0.2) is 8.42 Å². The van der Waals surface area contributed by atoms with E-state index in [0.717, 1.165) is 18.4 Å². The molecule has 0 saturated carbocycles. The van der Waals surface area contributed by atoms with Gasteiger partial charge in [-0.05, 0) is 62.1 Å². The van der Waals surface area contributed by atoms with E-state index in [9.17, 15) is 13.2 Å². The highest BCUT2D eigenvalue weighted by Crippen LogP contribution is 2.26. The van der Waals surface area contributed by atoms with Gasteiger partial charge in [0.05, 0.1) is 17.7 Å². The molecule has 1 saturated heterocycles. The van der Waals surface area contributed by atoms with E-state index in [1.807, 2.05) is 19.1 Å². The molecule has 0 aromatic heterocycles. The zero-order chi connectivity index (χ0) is 21.0. The summed E-state index contributed by atoms with van der Waals surface area (Å²) in [6.07, 6.45) is 2.04. The van der Waals surface area contributed by atoms with Gasteiger partial charge in [0.1, 0.15) is 12.3 Å². The van der Waals surface area contributed by atoms with Crippen LogP contribution in [0.5, 0.6) is 5.75 Å². The molecule has 0 radical (unpaired) electrons. The van der Waals surface area contributed by atoms with Gasteiger partial charge in [0, 0.05) is 13.1 Å². The average Bonchev–Trinajstić information content (AvgIpc) is 2.72. The number of carbonyl (C=O) groups is 1. The Morgan fingerprint density at radius 2 is 1.79 bits per heavy atom. The molecule has 1 amide bonds. The fraction of sp³-hybridized carbons (Fsp3) is 0.409. The summed E-state index contributed by atoms with van der Waals surface area (Å²) in [5.41, 5.74) is 1.50. The molecule has 1 fully saturated rings. The van der Waals surface area contributed by atoms with Crippen LogP contribution < -0.4 is 9.04 Å². The third-order valence-electron chi connectivity index (χ3n) is 5.26. The number of piperidine rings is 1. The molecule has 2 aromatic rings. The van der Waals surface area contributed by atoms with Crippen LogP contribution in [-0.2, 0) is 14.8 Å². The maximum Gasteiger partial charge on any atom is 0.264 e. The molecular weight excluding hydrogens is 388 g/mol. The standard InChI is InChI=1S/C22H28N2O4S/c1-17-6-8-19(9-7-17)24(16-22(25)23-14-4-5-18(2)15-23)29(26,27)21-12-10-20(28-3)11-13-21/h6-13,18H,4-5,14-16H2,1-3H3. The zero-order valence-electron chi connectivity index (χ0n) is 17.2. The predicted octanol–water partition coefficient (Wildman–Crippen LogP) is 3.46. The molecule has 7 heteroatoms. The van der Waals surface area contributed by atoms with Crippen LogP contribution in [0.2, 0.25) is 0 Å². The number of methoxy groups -OCH3 is 1. The van der Waals surface area contributed by atoms with Gasteiger partial charge in [-0.15, -0.1) is 0 Å². The van der Waals surface area contributed by atoms with Crippen molar-refractivity contribution in [3.05, 3.63) is 54.1 Å². The molecular formula is C22H28N2O4S. The van der Waals surface area contributed by atoms with Crippen molar-refractivity contribution in [3.8, 4) is 5.75 Å². The molecule has 0 spiro atoms. The van der Waals surface area contributed by atoms with Crippen LogP contribution in [0.1, 0.15) is 25.3 Å². The molecule has 0 N–H and O–H groups in total. The lowest BCUT2D eigenvalue weighted by molar-refractivity contribution is -0.131. The maximum absolute atomic E-state index is 13.4. The van der Waals surface area contributed by atoms with E-state index in [1.165, 1.54) is 23.5 Å². The number of ether oxygens (including phenoxy) is 1. The smallest absolute Gasteiger partial charge is 0.264 e. The fourth-order valence-electron chi connectivity index (χ4n) is 3.54. The molecule has 1 aliphatic rings. The second-order valence-electron chi connectivity index (χ2n) is 7.61. The van der Waals surface area contributed by atoms with E-state index in [2.05, 4.69) is 6.92 Å². The Labute approximate surface area is 173 Å². The summed E-state index contributed by atoms with van der Waals surface area (Å²) < 4.78 is 33.2. The first kappa shape index (κ1) is 21.2. The first-order chi connectivity index (χ1) is 13.8. The van der Waals surface area contributed by atoms with E-state index in [4.69, 9.17) is 4.74 Å². The summed E-state index contributed by atoms with van der Waals surface area (Å²) in [7, 11) is -2.38. The highest BCUT2D eigenvalue weighted by molar-refractivity contribution is 7.92. The number of aryl methyl sites for hydroxylation is 1. The van der Waals surface area contributed by atoms with Crippen LogP contribution in [-0.4, -0.2) is 46.0 Å². The summed E-state index contributed by atoms with van der Waals surface area (Å²) in [6, 6.07) is 13.4. The van der Waals surface area contributed by atoms with Crippen LogP contribution >= 0.6 is 0 Å². The number of anilines is 1. The van der Waals surface area contributed by atoms with Crippen LogP contribution in [0.15, 0.2) is 53.4 Å². The number of hydrogen-bond donors (Lipinski definition) is 0. The van der Waals surface area contributed by atoms with Crippen molar-refractivity contribution >= 4 is 21.6 Å². The Kier molecular flexibility index (Phi) is 6.47. The molecule has 0 aliphatic carbocycles. The molecule has 1 aliphatic heterocycles. The monoisotopic (exact) mass is 416 g/mol. The number of hydrogen-bond acceptors (Lipinski definition) is 4. The SMILES string of the molecule is COc1ccc(S(=O)(=O)N(CC(=O)N2CCCC(C)C2)c2ccc(C)cc2)cc1. The van der Waals surface area contributed by atoms with Crippen molar-refractivity contribution in [1.82, 2.24) is 4.90 Å². The van der Waals surface area contributed by atoms with Gasteiger partial charge in [0.2, 0.25) is 5.91 Å². The highest BCUT2D eigenvalue weighted by Gasteiger charge is 2.30. The molecule has 1 heterocycles. The minimum Gasteiger partial charge on any atom is -0.497 e. The molecule has 0 bridgehead atoms. The number of sulfonamides is 1. The largest absolute Gasteiger partial charge is 0.497 e. The molecule has 156 valence electrons. The number of amides is 1. The fourth-order valence-corrected chi connectivity index (χ4v) is 4.95. The van der Waals surface area contributed by atoms with Gasteiger partial charge in [-0.3, -0.25) is 9.10 Å². The topological polar surface area (TPSA) is 66.9 Å². The predicted molar refractivity (Wildman–Crippen MR) is 114 cm³/mol. The quantitative estimate of drug-likeness (QED) is 0.723. The van der Waals surface area contributed by atoms with Crippen LogP contribution in [0.3, 0.4) is 0 Å². The summed E-state index contributed by atoms with van der Waals surface area (Å²) in [5.74, 6) is 0.831. The van der Waals surface area contributed by atoms with E-state index < -0.39 is 10.0 Å². The van der Waals surface area contributed by atoms with Crippen molar-refractivity contribution in [3.63, 3.8) is 0 Å². The highest BCUT2D eigenvalue weighted by atomic mass is 32.2. The minimum absolute atomic E-state index is 0.124. The normalized spacial score (nSPS) is 17.1.